The Labute approximate surface area is 312 Å². The number of rotatable bonds is 9. The summed E-state index contributed by atoms with van der Waals surface area (Å²) in [5.41, 5.74) is 8.48. The highest BCUT2D eigenvalue weighted by molar-refractivity contribution is 5.93. The number of hydrogen-bond acceptors (Lipinski definition) is 7. The molecule has 8 rings (SSSR count). The first-order valence-corrected chi connectivity index (χ1v) is 19.0. The summed E-state index contributed by atoms with van der Waals surface area (Å²) in [6, 6.07) is 32.8. The van der Waals surface area contributed by atoms with Crippen molar-refractivity contribution in [3.63, 3.8) is 0 Å². The van der Waals surface area contributed by atoms with Crippen LogP contribution < -0.4 is 5.32 Å². The number of ether oxygens (including phenoxy) is 2. The van der Waals surface area contributed by atoms with Gasteiger partial charge in [-0.3, -0.25) is 14.7 Å². The molecule has 8 heteroatoms. The Bertz CT molecular complexity index is 2080. The largest absolute Gasteiger partial charge is 0.392 e. The van der Waals surface area contributed by atoms with Gasteiger partial charge in [0.1, 0.15) is 5.69 Å². The van der Waals surface area contributed by atoms with E-state index in [0.717, 1.165) is 52.0 Å². The Kier molecular flexibility index (Phi) is 9.66. The third kappa shape index (κ3) is 7.51. The number of para-hydroxylation sites is 2. The third-order valence-corrected chi connectivity index (χ3v) is 11.7. The molecular formula is C45H50N4O4. The maximum atomic E-state index is 13.1. The summed E-state index contributed by atoms with van der Waals surface area (Å²) in [7, 11) is 0. The van der Waals surface area contributed by atoms with E-state index in [1.54, 1.807) is 0 Å². The molecule has 1 saturated carbocycles. The van der Waals surface area contributed by atoms with Crippen LogP contribution in [-0.2, 0) is 22.6 Å². The quantitative estimate of drug-likeness (QED) is 0.159. The number of fused-ring (bicyclic) bond motifs is 3. The highest BCUT2D eigenvalue weighted by Crippen LogP contribution is 2.53. The molecular weight excluding hydrogens is 661 g/mol. The minimum atomic E-state index is -0.528. The zero-order valence-electron chi connectivity index (χ0n) is 31.2. The molecule has 4 aromatic carbocycles. The Hall–Kier alpha value is -4.47. The maximum absolute atomic E-state index is 13.1. The summed E-state index contributed by atoms with van der Waals surface area (Å²) in [6.07, 6.45) is 4.57. The van der Waals surface area contributed by atoms with Crippen molar-refractivity contribution in [2.24, 2.45) is 16.7 Å². The zero-order chi connectivity index (χ0) is 36.7. The summed E-state index contributed by atoms with van der Waals surface area (Å²) >= 11 is 0. The molecule has 2 unspecified atom stereocenters. The Morgan fingerprint density at radius 3 is 2.38 bits per heavy atom. The lowest BCUT2D eigenvalue weighted by molar-refractivity contribution is -0.276. The van der Waals surface area contributed by atoms with Crippen LogP contribution in [0.4, 0.5) is 0 Å². The number of carbonyl (C=O) groups excluding carboxylic acids is 1. The number of aliphatic hydroxyl groups is 1. The fourth-order valence-electron chi connectivity index (χ4n) is 9.46. The van der Waals surface area contributed by atoms with Crippen molar-refractivity contribution in [1.82, 2.24) is 20.2 Å². The van der Waals surface area contributed by atoms with Crippen LogP contribution in [0.2, 0.25) is 0 Å². The van der Waals surface area contributed by atoms with Gasteiger partial charge in [0.25, 0.3) is 5.91 Å². The number of amides is 1. The summed E-state index contributed by atoms with van der Waals surface area (Å²) < 4.78 is 13.7. The normalized spacial score (nSPS) is 26.8. The van der Waals surface area contributed by atoms with Crippen LogP contribution in [0.3, 0.4) is 0 Å². The van der Waals surface area contributed by atoms with Crippen LogP contribution in [0.1, 0.15) is 92.1 Å². The average molecular weight is 711 g/mol. The second kappa shape index (κ2) is 14.4. The third-order valence-electron chi connectivity index (χ3n) is 11.7. The van der Waals surface area contributed by atoms with Gasteiger partial charge in [-0.05, 0) is 70.0 Å². The predicted molar refractivity (Wildman–Crippen MR) is 207 cm³/mol. The molecule has 53 heavy (non-hydrogen) atoms. The van der Waals surface area contributed by atoms with Gasteiger partial charge in [0.15, 0.2) is 6.29 Å². The van der Waals surface area contributed by atoms with Crippen molar-refractivity contribution in [2.75, 3.05) is 13.1 Å². The molecule has 3 heterocycles. The molecule has 1 amide bonds. The summed E-state index contributed by atoms with van der Waals surface area (Å²) in [5.74, 6) is -0.131. The molecule has 1 aliphatic carbocycles. The highest BCUT2D eigenvalue weighted by Gasteiger charge is 2.51. The van der Waals surface area contributed by atoms with Crippen LogP contribution in [0.15, 0.2) is 103 Å². The second-order valence-electron chi connectivity index (χ2n) is 16.7. The first-order valence-electron chi connectivity index (χ1n) is 19.0. The number of aromatic nitrogens is 2. The number of likely N-dealkylation sites (tertiary alicyclic amines) is 1. The Balaban J connectivity index is 1.01. The van der Waals surface area contributed by atoms with E-state index in [9.17, 15) is 9.90 Å². The maximum Gasteiger partial charge on any atom is 0.271 e. The lowest BCUT2D eigenvalue weighted by Gasteiger charge is -2.43. The fourth-order valence-corrected chi connectivity index (χ4v) is 9.46. The van der Waals surface area contributed by atoms with Gasteiger partial charge in [0, 0.05) is 37.2 Å². The smallest absolute Gasteiger partial charge is 0.271 e. The van der Waals surface area contributed by atoms with E-state index in [0.29, 0.717) is 34.6 Å². The minimum absolute atomic E-state index is 0.0152. The average Bonchev–Trinajstić information content (AvgIpc) is 3.41. The van der Waals surface area contributed by atoms with Crippen LogP contribution in [0.5, 0.6) is 0 Å². The minimum Gasteiger partial charge on any atom is -0.392 e. The van der Waals surface area contributed by atoms with E-state index in [1.807, 2.05) is 54.6 Å². The molecule has 2 N–H and O–H groups in total. The van der Waals surface area contributed by atoms with E-state index in [1.165, 1.54) is 25.5 Å². The Morgan fingerprint density at radius 1 is 0.887 bits per heavy atom. The zero-order valence-corrected chi connectivity index (χ0v) is 31.2. The number of nitrogens with zero attached hydrogens (tertiary/aromatic N) is 3. The Morgan fingerprint density at radius 2 is 1.60 bits per heavy atom. The van der Waals surface area contributed by atoms with Gasteiger partial charge < -0.3 is 19.9 Å². The first-order chi connectivity index (χ1) is 25.6. The van der Waals surface area contributed by atoms with Gasteiger partial charge in [-0.15, -0.1) is 0 Å². The molecule has 2 saturated heterocycles. The molecule has 0 radical (unpaired) electrons. The molecule has 274 valence electrons. The molecule has 5 aromatic rings. The number of carbonyl (C=O) groups is 1. The van der Waals surface area contributed by atoms with Crippen molar-refractivity contribution in [1.29, 1.82) is 0 Å². The molecule has 2 bridgehead atoms. The highest BCUT2D eigenvalue weighted by atomic mass is 16.7. The topological polar surface area (TPSA) is 96.8 Å². The van der Waals surface area contributed by atoms with Gasteiger partial charge in [-0.25, -0.2) is 4.98 Å². The number of nitrogens with one attached hydrogen (secondary N) is 1. The fraction of sp³-hybridized carbons (Fsp3) is 0.400. The number of aliphatic hydroxyl groups excluding tert-OH is 1. The van der Waals surface area contributed by atoms with Crippen LogP contribution in [-0.4, -0.2) is 51.1 Å². The van der Waals surface area contributed by atoms with E-state index < -0.39 is 6.29 Å². The van der Waals surface area contributed by atoms with Crippen molar-refractivity contribution in [3.8, 4) is 11.1 Å². The van der Waals surface area contributed by atoms with Crippen LogP contribution in [0, 0.1) is 16.7 Å². The monoisotopic (exact) mass is 710 g/mol. The first kappa shape index (κ1) is 35.6. The standard InChI is InChI=1S/C45H50N4O4/c1-29-40(25-49-28-45(4)22-35(49)21-44(2,3)27-45)52-43(53-41(29)32-15-13-30(26-50)14-16-32)33-19-17-31(18-20-33)36-10-6-5-9-34(36)23-47-42(51)39-24-46-37-11-7-8-12-38(37)48-39/h5-20,24,29,35,40-41,43,50H,21-23,25-28H2,1-4H3,(H,47,51)/t29-,35?,40+,41+,43+,45?/m0/s1. The summed E-state index contributed by atoms with van der Waals surface area (Å²) in [5, 5.41) is 12.7. The molecule has 1 aromatic heterocycles. The van der Waals surface area contributed by atoms with Gasteiger partial charge in [-0.1, -0.05) is 113 Å². The van der Waals surface area contributed by atoms with Crippen LogP contribution >= 0.6 is 0 Å². The lowest BCUT2D eigenvalue weighted by atomic mass is 9.65. The van der Waals surface area contributed by atoms with Crippen molar-refractivity contribution in [2.45, 2.75) is 84.6 Å². The van der Waals surface area contributed by atoms with E-state index >= 15 is 0 Å². The molecule has 3 aliphatic rings. The summed E-state index contributed by atoms with van der Waals surface area (Å²) in [6.45, 7) is 11.9. The van der Waals surface area contributed by atoms with E-state index in [4.69, 9.17) is 9.47 Å². The molecule has 2 aliphatic heterocycles. The lowest BCUT2D eigenvalue weighted by Crippen LogP contribution is -2.46. The van der Waals surface area contributed by atoms with Gasteiger partial charge >= 0.3 is 0 Å². The van der Waals surface area contributed by atoms with Gasteiger partial charge in [0.2, 0.25) is 0 Å². The number of hydrogen-bond donors (Lipinski definition) is 2. The second-order valence-corrected chi connectivity index (χ2v) is 16.7. The van der Waals surface area contributed by atoms with Gasteiger partial charge in [-0.2, -0.15) is 0 Å². The van der Waals surface area contributed by atoms with E-state index in [2.05, 4.69) is 90.3 Å². The van der Waals surface area contributed by atoms with Crippen molar-refractivity contribution in [3.05, 3.63) is 131 Å². The molecule has 3 fully saturated rings. The van der Waals surface area contributed by atoms with Crippen molar-refractivity contribution >= 4 is 16.9 Å². The van der Waals surface area contributed by atoms with Gasteiger partial charge in [0.05, 0.1) is 36.0 Å². The molecule has 6 atom stereocenters. The van der Waals surface area contributed by atoms with E-state index in [-0.39, 0.29) is 30.6 Å². The molecule has 8 nitrogen and oxygen atoms in total. The van der Waals surface area contributed by atoms with Crippen molar-refractivity contribution < 1.29 is 19.4 Å². The summed E-state index contributed by atoms with van der Waals surface area (Å²) in [4.78, 5) is 24.7. The predicted octanol–water partition coefficient (Wildman–Crippen LogP) is 8.41. The van der Waals surface area contributed by atoms with Crippen LogP contribution in [0.25, 0.3) is 22.2 Å². The SMILES string of the molecule is C[C@H]1[C@@H](CN2CC3(C)CC2CC(C)(C)C3)O[C@@H](c2ccc(-c3ccccc3CNC(=O)c3cnc4ccccc4n3)cc2)O[C@H]1c1ccc(CO)cc1. The number of benzene rings is 4. The molecule has 0 spiro atoms.